The average Bonchev–Trinajstić information content (AvgIpc) is 2.92. The van der Waals surface area contributed by atoms with Crippen molar-refractivity contribution < 1.29 is 4.52 Å². The fourth-order valence-electron chi connectivity index (χ4n) is 2.06. The number of hydrogen-bond donors (Lipinski definition) is 1. The maximum absolute atomic E-state index is 6.15. The Morgan fingerprint density at radius 2 is 2.16 bits per heavy atom. The molecule has 2 aromatic heterocycles. The van der Waals surface area contributed by atoms with Crippen molar-refractivity contribution in [1.82, 2.24) is 10.1 Å². The summed E-state index contributed by atoms with van der Waals surface area (Å²) in [6.07, 6.45) is 4.66. The number of nitrogens with zero attached hydrogens (tertiary/aromatic N) is 2. The van der Waals surface area contributed by atoms with Crippen LogP contribution in [0.1, 0.15) is 35.9 Å². The van der Waals surface area contributed by atoms with Gasteiger partial charge in [-0.05, 0) is 37.8 Å². The van der Waals surface area contributed by atoms with Crippen LogP contribution in [-0.2, 0) is 18.4 Å². The lowest BCUT2D eigenvalue weighted by Gasteiger charge is -2.34. The quantitative estimate of drug-likeness (QED) is 0.938. The Balaban J connectivity index is 0.00000133. The molecule has 0 radical (unpaired) electrons. The van der Waals surface area contributed by atoms with E-state index in [1.54, 1.807) is 11.3 Å². The number of nitrogens with two attached hydrogens (primary N) is 1. The number of thiophene rings is 1. The maximum Gasteiger partial charge on any atom is 0.227 e. The van der Waals surface area contributed by atoms with Crippen molar-refractivity contribution in [3.8, 4) is 0 Å². The van der Waals surface area contributed by atoms with Crippen LogP contribution in [-0.4, -0.2) is 10.1 Å². The standard InChI is InChI=1S/C12H14ClN3OS.ClH/c13-9-4-2-8(18-9)3-5-10-15-11(16-17-10)12(14)6-1-7-12;/h2,4H,1,3,5-7,14H2;1H. The zero-order valence-corrected chi connectivity index (χ0v) is 12.7. The fourth-order valence-corrected chi connectivity index (χ4v) is 3.14. The summed E-state index contributed by atoms with van der Waals surface area (Å²) >= 11 is 7.47. The lowest BCUT2D eigenvalue weighted by molar-refractivity contribution is 0.229. The van der Waals surface area contributed by atoms with Gasteiger partial charge in [-0.2, -0.15) is 4.98 Å². The monoisotopic (exact) mass is 319 g/mol. The van der Waals surface area contributed by atoms with Crippen LogP contribution in [0.3, 0.4) is 0 Å². The van der Waals surface area contributed by atoms with Crippen molar-refractivity contribution >= 4 is 35.3 Å². The van der Waals surface area contributed by atoms with Gasteiger partial charge in [0.15, 0.2) is 5.82 Å². The van der Waals surface area contributed by atoms with Gasteiger partial charge in [0, 0.05) is 11.3 Å². The molecule has 3 rings (SSSR count). The molecule has 0 aliphatic heterocycles. The van der Waals surface area contributed by atoms with Gasteiger partial charge in [-0.15, -0.1) is 23.7 Å². The molecule has 104 valence electrons. The van der Waals surface area contributed by atoms with Crippen LogP contribution in [0.15, 0.2) is 16.7 Å². The molecule has 2 N–H and O–H groups in total. The van der Waals surface area contributed by atoms with E-state index < -0.39 is 0 Å². The van der Waals surface area contributed by atoms with Gasteiger partial charge in [0.2, 0.25) is 5.89 Å². The molecule has 1 fully saturated rings. The van der Waals surface area contributed by atoms with Gasteiger partial charge < -0.3 is 10.3 Å². The summed E-state index contributed by atoms with van der Waals surface area (Å²) < 4.78 is 6.06. The van der Waals surface area contributed by atoms with Crippen LogP contribution in [0.2, 0.25) is 4.34 Å². The number of halogens is 2. The Kier molecular flexibility index (Phi) is 4.50. The molecule has 1 saturated carbocycles. The van der Waals surface area contributed by atoms with Crippen molar-refractivity contribution in [2.45, 2.75) is 37.6 Å². The van der Waals surface area contributed by atoms with E-state index in [1.807, 2.05) is 12.1 Å². The van der Waals surface area contributed by atoms with Gasteiger partial charge in [0.25, 0.3) is 0 Å². The lowest BCUT2D eigenvalue weighted by Crippen LogP contribution is -2.44. The van der Waals surface area contributed by atoms with Crippen molar-refractivity contribution in [1.29, 1.82) is 0 Å². The van der Waals surface area contributed by atoms with Crippen molar-refractivity contribution in [2.24, 2.45) is 5.73 Å². The Morgan fingerprint density at radius 3 is 2.74 bits per heavy atom. The van der Waals surface area contributed by atoms with E-state index in [4.69, 9.17) is 21.9 Å². The van der Waals surface area contributed by atoms with Crippen LogP contribution in [0.5, 0.6) is 0 Å². The zero-order chi connectivity index (χ0) is 12.6. The first kappa shape index (κ1) is 14.8. The molecule has 2 aromatic rings. The first-order valence-corrected chi connectivity index (χ1v) is 7.21. The Labute approximate surface area is 126 Å². The third-order valence-corrected chi connectivity index (χ3v) is 4.66. The largest absolute Gasteiger partial charge is 0.339 e. The molecular weight excluding hydrogens is 305 g/mol. The summed E-state index contributed by atoms with van der Waals surface area (Å²) in [7, 11) is 0. The second kappa shape index (κ2) is 5.79. The predicted octanol–water partition coefficient (Wildman–Crippen LogP) is 3.33. The maximum atomic E-state index is 6.15. The molecule has 1 aliphatic carbocycles. The van der Waals surface area contributed by atoms with Crippen molar-refractivity contribution in [3.63, 3.8) is 0 Å². The van der Waals surface area contributed by atoms with Crippen molar-refractivity contribution in [3.05, 3.63) is 33.1 Å². The van der Waals surface area contributed by atoms with Gasteiger partial charge in [0.1, 0.15) is 0 Å². The zero-order valence-electron chi connectivity index (χ0n) is 10.3. The minimum atomic E-state index is -0.339. The number of aryl methyl sites for hydroxylation is 2. The third kappa shape index (κ3) is 3.11. The van der Waals surface area contributed by atoms with E-state index in [9.17, 15) is 0 Å². The van der Waals surface area contributed by atoms with E-state index in [-0.39, 0.29) is 17.9 Å². The molecule has 19 heavy (non-hydrogen) atoms. The molecule has 7 heteroatoms. The third-order valence-electron chi connectivity index (χ3n) is 3.37. The highest BCUT2D eigenvalue weighted by Gasteiger charge is 2.38. The molecular formula is C12H15Cl2N3OS. The smallest absolute Gasteiger partial charge is 0.227 e. The molecule has 0 aromatic carbocycles. The Morgan fingerprint density at radius 1 is 1.37 bits per heavy atom. The molecule has 0 spiro atoms. The van der Waals surface area contributed by atoms with Gasteiger partial charge in [-0.3, -0.25) is 0 Å². The van der Waals surface area contributed by atoms with Crippen LogP contribution in [0, 0.1) is 0 Å². The first-order chi connectivity index (χ1) is 8.66. The predicted molar refractivity (Wildman–Crippen MR) is 78.0 cm³/mol. The molecule has 4 nitrogen and oxygen atoms in total. The van der Waals surface area contributed by atoms with Crippen LogP contribution < -0.4 is 5.73 Å². The second-order valence-electron chi connectivity index (χ2n) is 4.73. The summed E-state index contributed by atoms with van der Waals surface area (Å²) in [4.78, 5) is 5.62. The Hall–Kier alpha value is -0.620. The van der Waals surface area contributed by atoms with E-state index >= 15 is 0 Å². The van der Waals surface area contributed by atoms with Gasteiger partial charge in [-0.1, -0.05) is 16.8 Å². The fraction of sp³-hybridized carbons (Fsp3) is 0.500. The SMILES string of the molecule is Cl.NC1(c2noc(CCc3ccc(Cl)s3)n2)CCC1. The van der Waals surface area contributed by atoms with Gasteiger partial charge in [0.05, 0.1) is 9.88 Å². The molecule has 0 unspecified atom stereocenters. The van der Waals surface area contributed by atoms with E-state index in [1.165, 1.54) is 4.88 Å². The number of rotatable bonds is 4. The minimum Gasteiger partial charge on any atom is -0.339 e. The summed E-state index contributed by atoms with van der Waals surface area (Å²) in [5.74, 6) is 1.32. The molecule has 0 atom stereocenters. The molecule has 2 heterocycles. The molecule has 0 amide bonds. The molecule has 1 aliphatic rings. The van der Waals surface area contributed by atoms with Crippen LogP contribution >= 0.6 is 35.3 Å². The van der Waals surface area contributed by atoms with Crippen LogP contribution in [0.4, 0.5) is 0 Å². The second-order valence-corrected chi connectivity index (χ2v) is 6.53. The van der Waals surface area contributed by atoms with Gasteiger partial charge >= 0.3 is 0 Å². The van der Waals surface area contributed by atoms with E-state index in [0.717, 1.165) is 36.4 Å². The normalized spacial score (nSPS) is 16.7. The van der Waals surface area contributed by atoms with Crippen molar-refractivity contribution in [2.75, 3.05) is 0 Å². The van der Waals surface area contributed by atoms with Gasteiger partial charge in [-0.25, -0.2) is 0 Å². The van der Waals surface area contributed by atoms with E-state index in [0.29, 0.717) is 11.7 Å². The van der Waals surface area contributed by atoms with Crippen LogP contribution in [0.25, 0.3) is 0 Å². The number of aromatic nitrogens is 2. The number of hydrogen-bond acceptors (Lipinski definition) is 5. The minimum absolute atomic E-state index is 0. The first-order valence-electron chi connectivity index (χ1n) is 6.02. The highest BCUT2D eigenvalue weighted by molar-refractivity contribution is 7.16. The Bertz CT molecular complexity index is 551. The van der Waals surface area contributed by atoms with E-state index in [2.05, 4.69) is 10.1 Å². The highest BCUT2D eigenvalue weighted by Crippen LogP contribution is 2.36. The molecule has 0 saturated heterocycles. The highest BCUT2D eigenvalue weighted by atomic mass is 35.5. The topological polar surface area (TPSA) is 64.9 Å². The summed E-state index contributed by atoms with van der Waals surface area (Å²) in [6.45, 7) is 0. The summed E-state index contributed by atoms with van der Waals surface area (Å²) in [5, 5.41) is 3.99. The lowest BCUT2D eigenvalue weighted by atomic mass is 9.77. The average molecular weight is 320 g/mol. The summed E-state index contributed by atoms with van der Waals surface area (Å²) in [6, 6.07) is 3.94. The molecule has 0 bridgehead atoms. The summed E-state index contributed by atoms with van der Waals surface area (Å²) in [5.41, 5.74) is 5.81.